The van der Waals surface area contributed by atoms with Gasteiger partial charge in [-0.15, -0.1) is 0 Å². The molecule has 4 heteroatoms. The molecule has 0 saturated carbocycles. The number of rotatable bonds is 2. The van der Waals surface area contributed by atoms with Crippen molar-refractivity contribution in [2.24, 2.45) is 0 Å². The fraction of sp³-hybridized carbons (Fsp3) is 0.769. The highest BCUT2D eigenvalue weighted by Gasteiger charge is 2.20. The van der Waals surface area contributed by atoms with Crippen LogP contribution in [0.25, 0.3) is 0 Å². The molecule has 0 unspecified atom stereocenters. The molecule has 3 rings (SSSR count). The van der Waals surface area contributed by atoms with Crippen molar-refractivity contribution in [1.29, 1.82) is 0 Å². The van der Waals surface area contributed by atoms with Crippen molar-refractivity contribution in [1.82, 2.24) is 15.4 Å². The zero-order valence-corrected chi connectivity index (χ0v) is 10.4. The Morgan fingerprint density at radius 2 is 1.94 bits per heavy atom. The summed E-state index contributed by atoms with van der Waals surface area (Å²) in [7, 11) is 0. The largest absolute Gasteiger partial charge is 0.361 e. The molecule has 2 aliphatic rings. The molecule has 1 aliphatic heterocycles. The zero-order valence-electron chi connectivity index (χ0n) is 10.4. The Labute approximate surface area is 102 Å². The van der Waals surface area contributed by atoms with Gasteiger partial charge in [-0.3, -0.25) is 4.90 Å². The van der Waals surface area contributed by atoms with Crippen molar-refractivity contribution < 1.29 is 4.52 Å². The second kappa shape index (κ2) is 5.19. The van der Waals surface area contributed by atoms with Crippen LogP contribution in [-0.2, 0) is 19.4 Å². The van der Waals surface area contributed by atoms with Crippen LogP contribution in [0.15, 0.2) is 4.52 Å². The minimum Gasteiger partial charge on any atom is -0.361 e. The van der Waals surface area contributed by atoms with Crippen molar-refractivity contribution in [2.75, 3.05) is 26.2 Å². The molecule has 1 aliphatic carbocycles. The van der Waals surface area contributed by atoms with Crippen LogP contribution in [0.4, 0.5) is 0 Å². The van der Waals surface area contributed by atoms with E-state index in [2.05, 4.69) is 15.4 Å². The van der Waals surface area contributed by atoms with Gasteiger partial charge >= 0.3 is 0 Å². The standard InChI is InChI=1S/C13H21N3O/c1-2-4-11-12(15-17-13(11)5-3-1)10-16-8-6-14-7-9-16/h14H,1-10H2. The predicted molar refractivity (Wildman–Crippen MR) is 65.9 cm³/mol. The van der Waals surface area contributed by atoms with Gasteiger partial charge in [-0.2, -0.15) is 0 Å². The summed E-state index contributed by atoms with van der Waals surface area (Å²) in [5.41, 5.74) is 2.62. The first-order valence-corrected chi connectivity index (χ1v) is 6.83. The third kappa shape index (κ3) is 2.53. The quantitative estimate of drug-likeness (QED) is 0.786. The smallest absolute Gasteiger partial charge is 0.140 e. The minimum absolute atomic E-state index is 0.973. The van der Waals surface area contributed by atoms with Crippen LogP contribution >= 0.6 is 0 Å². The van der Waals surface area contributed by atoms with E-state index < -0.39 is 0 Å². The first-order valence-electron chi connectivity index (χ1n) is 6.83. The summed E-state index contributed by atoms with van der Waals surface area (Å²) < 4.78 is 5.52. The molecular formula is C13H21N3O. The van der Waals surface area contributed by atoms with E-state index in [1.807, 2.05) is 0 Å². The normalized spacial score (nSPS) is 22.1. The van der Waals surface area contributed by atoms with E-state index in [4.69, 9.17) is 4.52 Å². The Morgan fingerprint density at radius 3 is 2.82 bits per heavy atom. The maximum Gasteiger partial charge on any atom is 0.140 e. The van der Waals surface area contributed by atoms with Crippen LogP contribution < -0.4 is 5.32 Å². The molecule has 0 bridgehead atoms. The molecule has 1 aromatic rings. The average molecular weight is 235 g/mol. The van der Waals surface area contributed by atoms with Gasteiger partial charge in [0.05, 0.1) is 0 Å². The number of nitrogens with zero attached hydrogens (tertiary/aromatic N) is 2. The molecule has 0 radical (unpaired) electrons. The molecule has 1 N–H and O–H groups in total. The number of fused-ring (bicyclic) bond motifs is 1. The second-order valence-corrected chi connectivity index (χ2v) is 5.12. The first-order chi connectivity index (χ1) is 8.43. The van der Waals surface area contributed by atoms with Crippen molar-refractivity contribution in [3.05, 3.63) is 17.0 Å². The van der Waals surface area contributed by atoms with Crippen molar-refractivity contribution in [2.45, 2.75) is 38.6 Å². The van der Waals surface area contributed by atoms with Crippen LogP contribution in [0.1, 0.15) is 36.3 Å². The summed E-state index contributed by atoms with van der Waals surface area (Å²) in [5.74, 6) is 1.16. The summed E-state index contributed by atoms with van der Waals surface area (Å²) in [6.45, 7) is 5.42. The van der Waals surface area contributed by atoms with Gasteiger partial charge in [0.15, 0.2) is 0 Å². The average Bonchev–Trinajstić information content (AvgIpc) is 2.61. The van der Waals surface area contributed by atoms with Gasteiger partial charge < -0.3 is 9.84 Å². The summed E-state index contributed by atoms with van der Waals surface area (Å²) in [6, 6.07) is 0. The minimum atomic E-state index is 0.973. The Morgan fingerprint density at radius 1 is 1.12 bits per heavy atom. The highest BCUT2D eigenvalue weighted by atomic mass is 16.5. The van der Waals surface area contributed by atoms with Crippen LogP contribution in [0, 0.1) is 0 Å². The molecule has 4 nitrogen and oxygen atoms in total. The lowest BCUT2D eigenvalue weighted by Crippen LogP contribution is -2.43. The summed E-state index contributed by atoms with van der Waals surface area (Å²) in [5, 5.41) is 7.68. The SMILES string of the molecule is C1CCc2onc(CN3CCNCC3)c2CC1. The maximum atomic E-state index is 5.52. The molecular weight excluding hydrogens is 214 g/mol. The number of piperazine rings is 1. The van der Waals surface area contributed by atoms with Gasteiger partial charge in [0, 0.05) is 44.7 Å². The fourth-order valence-corrected chi connectivity index (χ4v) is 2.83. The predicted octanol–water partition coefficient (Wildman–Crippen LogP) is 1.35. The second-order valence-electron chi connectivity index (χ2n) is 5.12. The number of hydrogen-bond donors (Lipinski definition) is 1. The molecule has 0 amide bonds. The third-order valence-electron chi connectivity index (χ3n) is 3.86. The molecule has 1 saturated heterocycles. The third-order valence-corrected chi connectivity index (χ3v) is 3.86. The van der Waals surface area contributed by atoms with E-state index in [9.17, 15) is 0 Å². The Bertz CT molecular complexity index is 369. The number of aryl methyl sites for hydroxylation is 1. The van der Waals surface area contributed by atoms with E-state index in [1.54, 1.807) is 0 Å². The maximum absolute atomic E-state index is 5.52. The number of aromatic nitrogens is 1. The summed E-state index contributed by atoms with van der Waals surface area (Å²) in [6.07, 6.45) is 6.14. The summed E-state index contributed by atoms with van der Waals surface area (Å²) >= 11 is 0. The molecule has 1 aromatic heterocycles. The van der Waals surface area contributed by atoms with Crippen LogP contribution in [-0.4, -0.2) is 36.2 Å². The molecule has 17 heavy (non-hydrogen) atoms. The molecule has 0 atom stereocenters. The van der Waals surface area contributed by atoms with Crippen LogP contribution in [0.5, 0.6) is 0 Å². The number of nitrogens with one attached hydrogen (secondary N) is 1. The van der Waals surface area contributed by atoms with Gasteiger partial charge in [-0.05, 0) is 19.3 Å². The molecule has 0 aromatic carbocycles. The van der Waals surface area contributed by atoms with Crippen LogP contribution in [0.3, 0.4) is 0 Å². The first kappa shape index (κ1) is 11.2. The molecule has 2 heterocycles. The Balaban J connectivity index is 1.71. The van der Waals surface area contributed by atoms with Crippen molar-refractivity contribution in [3.63, 3.8) is 0 Å². The van der Waals surface area contributed by atoms with E-state index in [-0.39, 0.29) is 0 Å². The number of hydrogen-bond acceptors (Lipinski definition) is 4. The highest BCUT2D eigenvalue weighted by molar-refractivity contribution is 5.24. The van der Waals surface area contributed by atoms with Gasteiger partial charge in [0.1, 0.15) is 11.5 Å². The Kier molecular flexibility index (Phi) is 3.43. The Hall–Kier alpha value is -0.870. The van der Waals surface area contributed by atoms with Gasteiger partial charge in [0.2, 0.25) is 0 Å². The lowest BCUT2D eigenvalue weighted by Gasteiger charge is -2.26. The monoisotopic (exact) mass is 235 g/mol. The fourth-order valence-electron chi connectivity index (χ4n) is 2.83. The van der Waals surface area contributed by atoms with Gasteiger partial charge in [-0.25, -0.2) is 0 Å². The van der Waals surface area contributed by atoms with Gasteiger partial charge in [-0.1, -0.05) is 11.6 Å². The van der Waals surface area contributed by atoms with E-state index in [1.165, 1.54) is 36.9 Å². The topological polar surface area (TPSA) is 41.3 Å². The van der Waals surface area contributed by atoms with Crippen LogP contribution in [0.2, 0.25) is 0 Å². The highest BCUT2D eigenvalue weighted by Crippen LogP contribution is 2.24. The lowest BCUT2D eigenvalue weighted by molar-refractivity contribution is 0.225. The lowest BCUT2D eigenvalue weighted by atomic mass is 10.1. The summed E-state index contributed by atoms with van der Waals surface area (Å²) in [4.78, 5) is 2.47. The van der Waals surface area contributed by atoms with E-state index >= 15 is 0 Å². The van der Waals surface area contributed by atoms with Crippen molar-refractivity contribution >= 4 is 0 Å². The van der Waals surface area contributed by atoms with Crippen molar-refractivity contribution in [3.8, 4) is 0 Å². The molecule has 94 valence electrons. The molecule has 0 spiro atoms. The molecule has 1 fully saturated rings. The zero-order chi connectivity index (χ0) is 11.5. The van der Waals surface area contributed by atoms with E-state index in [0.717, 1.165) is 44.9 Å². The van der Waals surface area contributed by atoms with E-state index in [0.29, 0.717) is 0 Å². The van der Waals surface area contributed by atoms with Gasteiger partial charge in [0.25, 0.3) is 0 Å².